The Labute approximate surface area is 119 Å². The predicted octanol–water partition coefficient (Wildman–Crippen LogP) is 5.35. The third-order valence-electron chi connectivity index (χ3n) is 3.44. The van der Waals surface area contributed by atoms with Crippen molar-refractivity contribution in [2.45, 2.75) is 36.1 Å². The molecule has 1 aliphatic heterocycles. The Kier molecular flexibility index (Phi) is 3.52. The number of fused-ring (bicyclic) bond motifs is 2. The normalized spacial score (nSPS) is 17.3. The van der Waals surface area contributed by atoms with Gasteiger partial charge in [0.15, 0.2) is 0 Å². The average Bonchev–Trinajstić information content (AvgIpc) is 2.55. The third kappa shape index (κ3) is 2.64. The van der Waals surface area contributed by atoms with Crippen molar-refractivity contribution in [3.05, 3.63) is 54.1 Å². The van der Waals surface area contributed by atoms with Crippen LogP contribution in [0.2, 0.25) is 0 Å². The van der Waals surface area contributed by atoms with E-state index in [1.807, 2.05) is 11.8 Å². The molecule has 98 valence electrons. The van der Waals surface area contributed by atoms with E-state index < -0.39 is 0 Å². The van der Waals surface area contributed by atoms with Crippen LogP contribution in [-0.4, -0.2) is 0 Å². The van der Waals surface area contributed by atoms with Crippen LogP contribution in [0, 0.1) is 5.92 Å². The monoisotopic (exact) mass is 269 g/mol. The SMILES string of the molecule is CC(C)C[C@H]1Nc2ccccc2Sc2ccccc21. The van der Waals surface area contributed by atoms with Gasteiger partial charge in [0, 0.05) is 15.5 Å². The molecule has 0 aromatic heterocycles. The summed E-state index contributed by atoms with van der Waals surface area (Å²) in [6.07, 6.45) is 1.16. The van der Waals surface area contributed by atoms with Gasteiger partial charge in [0.2, 0.25) is 0 Å². The largest absolute Gasteiger partial charge is 0.377 e. The summed E-state index contributed by atoms with van der Waals surface area (Å²) in [5.41, 5.74) is 2.69. The minimum Gasteiger partial charge on any atom is -0.377 e. The molecule has 0 aliphatic carbocycles. The van der Waals surface area contributed by atoms with Crippen LogP contribution in [-0.2, 0) is 0 Å². The highest BCUT2D eigenvalue weighted by Crippen LogP contribution is 2.43. The molecule has 1 heterocycles. The zero-order chi connectivity index (χ0) is 13.2. The maximum Gasteiger partial charge on any atom is 0.0527 e. The molecule has 1 aliphatic rings. The van der Waals surface area contributed by atoms with Gasteiger partial charge in [-0.2, -0.15) is 0 Å². The van der Waals surface area contributed by atoms with E-state index in [4.69, 9.17) is 0 Å². The molecule has 0 fully saturated rings. The lowest BCUT2D eigenvalue weighted by atomic mass is 9.96. The number of para-hydroxylation sites is 1. The quantitative estimate of drug-likeness (QED) is 0.788. The molecule has 2 aromatic rings. The Bertz CT molecular complexity index is 577. The van der Waals surface area contributed by atoms with E-state index in [9.17, 15) is 0 Å². The van der Waals surface area contributed by atoms with Crippen molar-refractivity contribution < 1.29 is 0 Å². The molecule has 1 N–H and O–H groups in total. The van der Waals surface area contributed by atoms with Crippen LogP contribution >= 0.6 is 11.8 Å². The first-order valence-electron chi connectivity index (χ1n) is 6.86. The molecule has 0 radical (unpaired) electrons. The summed E-state index contributed by atoms with van der Waals surface area (Å²) < 4.78 is 0. The second kappa shape index (κ2) is 5.30. The van der Waals surface area contributed by atoms with Gasteiger partial charge in [-0.25, -0.2) is 0 Å². The lowest BCUT2D eigenvalue weighted by Gasteiger charge is -2.21. The van der Waals surface area contributed by atoms with Gasteiger partial charge in [-0.05, 0) is 36.1 Å². The Morgan fingerprint density at radius 3 is 2.47 bits per heavy atom. The molecule has 0 amide bonds. The molecular weight excluding hydrogens is 250 g/mol. The molecule has 2 aromatic carbocycles. The Balaban J connectivity index is 2.06. The highest BCUT2D eigenvalue weighted by Gasteiger charge is 2.21. The molecule has 2 heteroatoms. The first-order chi connectivity index (χ1) is 9.24. The van der Waals surface area contributed by atoms with Crippen LogP contribution in [0.25, 0.3) is 0 Å². The molecular formula is C17H19NS. The lowest BCUT2D eigenvalue weighted by Crippen LogP contribution is -2.13. The number of benzene rings is 2. The van der Waals surface area contributed by atoms with Gasteiger partial charge in [0.1, 0.15) is 0 Å². The van der Waals surface area contributed by atoms with Crippen molar-refractivity contribution >= 4 is 17.4 Å². The van der Waals surface area contributed by atoms with Crippen molar-refractivity contribution in [3.63, 3.8) is 0 Å². The smallest absolute Gasteiger partial charge is 0.0527 e. The van der Waals surface area contributed by atoms with Gasteiger partial charge in [-0.15, -0.1) is 0 Å². The molecule has 0 saturated heterocycles. The van der Waals surface area contributed by atoms with E-state index in [1.54, 1.807) is 0 Å². The zero-order valence-electron chi connectivity index (χ0n) is 11.4. The fourth-order valence-corrected chi connectivity index (χ4v) is 3.67. The summed E-state index contributed by atoms with van der Waals surface area (Å²) in [7, 11) is 0. The highest BCUT2D eigenvalue weighted by atomic mass is 32.2. The Morgan fingerprint density at radius 1 is 1.00 bits per heavy atom. The molecule has 0 saturated carbocycles. The highest BCUT2D eigenvalue weighted by molar-refractivity contribution is 7.99. The van der Waals surface area contributed by atoms with Crippen molar-refractivity contribution in [3.8, 4) is 0 Å². The van der Waals surface area contributed by atoms with Crippen molar-refractivity contribution in [2.75, 3.05) is 5.32 Å². The summed E-state index contributed by atoms with van der Waals surface area (Å²) in [6, 6.07) is 17.8. The molecule has 0 unspecified atom stereocenters. The van der Waals surface area contributed by atoms with Crippen molar-refractivity contribution in [2.24, 2.45) is 5.92 Å². The van der Waals surface area contributed by atoms with Gasteiger partial charge in [0.05, 0.1) is 6.04 Å². The Hall–Kier alpha value is -1.41. The molecule has 0 spiro atoms. The second-order valence-electron chi connectivity index (χ2n) is 5.46. The minimum absolute atomic E-state index is 0.410. The van der Waals surface area contributed by atoms with Crippen molar-refractivity contribution in [1.29, 1.82) is 0 Å². The maximum atomic E-state index is 3.73. The fraction of sp³-hybridized carbons (Fsp3) is 0.294. The van der Waals surface area contributed by atoms with Gasteiger partial charge in [-0.1, -0.05) is 55.9 Å². The second-order valence-corrected chi connectivity index (χ2v) is 6.55. The van der Waals surface area contributed by atoms with E-state index in [1.165, 1.54) is 21.0 Å². The number of nitrogens with one attached hydrogen (secondary N) is 1. The van der Waals surface area contributed by atoms with E-state index in [0.717, 1.165) is 6.42 Å². The van der Waals surface area contributed by atoms with E-state index in [0.29, 0.717) is 12.0 Å². The molecule has 1 nitrogen and oxygen atoms in total. The summed E-state index contributed by atoms with van der Waals surface area (Å²) in [4.78, 5) is 2.70. The average molecular weight is 269 g/mol. The van der Waals surface area contributed by atoms with E-state index in [-0.39, 0.29) is 0 Å². The number of anilines is 1. The van der Waals surface area contributed by atoms with E-state index >= 15 is 0 Å². The fourth-order valence-electron chi connectivity index (χ4n) is 2.58. The van der Waals surface area contributed by atoms with Crippen LogP contribution in [0.4, 0.5) is 5.69 Å². The van der Waals surface area contributed by atoms with Gasteiger partial charge >= 0.3 is 0 Å². The van der Waals surface area contributed by atoms with E-state index in [2.05, 4.69) is 67.7 Å². The first kappa shape index (κ1) is 12.6. The summed E-state index contributed by atoms with van der Waals surface area (Å²) >= 11 is 1.87. The number of rotatable bonds is 2. The van der Waals surface area contributed by atoms with Gasteiger partial charge in [0.25, 0.3) is 0 Å². The van der Waals surface area contributed by atoms with Crippen LogP contribution in [0.3, 0.4) is 0 Å². The minimum atomic E-state index is 0.410. The van der Waals surface area contributed by atoms with Crippen molar-refractivity contribution in [1.82, 2.24) is 0 Å². The zero-order valence-corrected chi connectivity index (χ0v) is 12.2. The number of hydrogen-bond donors (Lipinski definition) is 1. The Morgan fingerprint density at radius 2 is 1.68 bits per heavy atom. The van der Waals surface area contributed by atoms with Gasteiger partial charge < -0.3 is 5.32 Å². The summed E-state index contributed by atoms with van der Waals surface area (Å²) in [5.74, 6) is 0.681. The first-order valence-corrected chi connectivity index (χ1v) is 7.68. The van der Waals surface area contributed by atoms with Crippen LogP contribution in [0.5, 0.6) is 0 Å². The standard InChI is InChI=1S/C17H19NS/c1-12(2)11-15-13-7-3-5-9-16(13)19-17-10-6-4-8-14(17)18-15/h3-10,12,15,18H,11H2,1-2H3/t15-/m1/s1. The maximum absolute atomic E-state index is 3.73. The molecule has 3 rings (SSSR count). The number of hydrogen-bond acceptors (Lipinski definition) is 2. The summed E-state index contributed by atoms with van der Waals surface area (Å²) in [5, 5.41) is 3.73. The molecule has 19 heavy (non-hydrogen) atoms. The van der Waals surface area contributed by atoms with Gasteiger partial charge in [-0.3, -0.25) is 0 Å². The third-order valence-corrected chi connectivity index (χ3v) is 4.61. The van der Waals surface area contributed by atoms with Crippen LogP contribution in [0.1, 0.15) is 31.9 Å². The molecule has 0 bridgehead atoms. The summed E-state index contributed by atoms with van der Waals surface area (Å²) in [6.45, 7) is 4.57. The predicted molar refractivity (Wildman–Crippen MR) is 82.8 cm³/mol. The van der Waals surface area contributed by atoms with Crippen LogP contribution < -0.4 is 5.32 Å². The van der Waals surface area contributed by atoms with Crippen LogP contribution in [0.15, 0.2) is 58.3 Å². The lowest BCUT2D eigenvalue weighted by molar-refractivity contribution is 0.527. The molecule has 1 atom stereocenters. The topological polar surface area (TPSA) is 12.0 Å².